The maximum Gasteiger partial charge on any atom is 0.142 e. The zero-order chi connectivity index (χ0) is 13.0. The maximum absolute atomic E-state index is 5.99. The molecule has 0 radical (unpaired) electrons. The molecule has 0 saturated carbocycles. The number of hydrogen-bond donors (Lipinski definition) is 1. The van der Waals surface area contributed by atoms with Crippen molar-refractivity contribution in [1.82, 2.24) is 4.98 Å². The van der Waals surface area contributed by atoms with Crippen molar-refractivity contribution >= 4 is 28.6 Å². The highest BCUT2D eigenvalue weighted by Crippen LogP contribution is 2.28. The Morgan fingerprint density at radius 2 is 2.28 bits per heavy atom. The second-order valence-electron chi connectivity index (χ2n) is 3.78. The SMILES string of the molecule is CCOc1ccc(Cl)cc1NCc1csc(C)n1. The summed E-state index contributed by atoms with van der Waals surface area (Å²) < 4.78 is 5.55. The first-order valence-electron chi connectivity index (χ1n) is 5.76. The van der Waals surface area contributed by atoms with E-state index in [4.69, 9.17) is 16.3 Å². The third-order valence-corrected chi connectivity index (χ3v) is 3.43. The van der Waals surface area contributed by atoms with Crippen LogP contribution >= 0.6 is 22.9 Å². The second-order valence-corrected chi connectivity index (χ2v) is 5.28. The fraction of sp³-hybridized carbons (Fsp3) is 0.308. The largest absolute Gasteiger partial charge is 0.492 e. The molecule has 0 aliphatic rings. The smallest absolute Gasteiger partial charge is 0.142 e. The molecule has 0 unspecified atom stereocenters. The molecule has 0 aliphatic carbocycles. The number of nitrogens with one attached hydrogen (secondary N) is 1. The van der Waals surface area contributed by atoms with Gasteiger partial charge < -0.3 is 10.1 Å². The molecule has 96 valence electrons. The predicted octanol–water partition coefficient (Wildman–Crippen LogP) is 4.12. The molecule has 0 atom stereocenters. The Labute approximate surface area is 116 Å². The van der Waals surface area contributed by atoms with Crippen molar-refractivity contribution in [3.8, 4) is 5.75 Å². The van der Waals surface area contributed by atoms with Gasteiger partial charge in [-0.15, -0.1) is 11.3 Å². The Kier molecular flexibility index (Phi) is 4.44. The van der Waals surface area contributed by atoms with Gasteiger partial charge in [0.1, 0.15) is 5.75 Å². The second kappa shape index (κ2) is 6.07. The van der Waals surface area contributed by atoms with Crippen LogP contribution in [0.15, 0.2) is 23.6 Å². The lowest BCUT2D eigenvalue weighted by atomic mass is 10.3. The zero-order valence-corrected chi connectivity index (χ0v) is 11.9. The highest BCUT2D eigenvalue weighted by molar-refractivity contribution is 7.09. The van der Waals surface area contributed by atoms with Gasteiger partial charge in [0.25, 0.3) is 0 Å². The molecule has 1 heterocycles. The van der Waals surface area contributed by atoms with Crippen LogP contribution in [0.25, 0.3) is 0 Å². The minimum Gasteiger partial charge on any atom is -0.492 e. The number of rotatable bonds is 5. The van der Waals surface area contributed by atoms with Crippen LogP contribution in [-0.2, 0) is 6.54 Å². The Bertz CT molecular complexity index is 527. The summed E-state index contributed by atoms with van der Waals surface area (Å²) >= 11 is 7.64. The number of hydrogen-bond acceptors (Lipinski definition) is 4. The normalized spacial score (nSPS) is 10.4. The van der Waals surface area contributed by atoms with Gasteiger partial charge in [-0.25, -0.2) is 4.98 Å². The first-order chi connectivity index (χ1) is 8.69. The highest BCUT2D eigenvalue weighted by Gasteiger charge is 2.05. The van der Waals surface area contributed by atoms with Gasteiger partial charge >= 0.3 is 0 Å². The van der Waals surface area contributed by atoms with Crippen molar-refractivity contribution in [1.29, 1.82) is 0 Å². The summed E-state index contributed by atoms with van der Waals surface area (Å²) in [5.74, 6) is 0.814. The highest BCUT2D eigenvalue weighted by atomic mass is 35.5. The van der Waals surface area contributed by atoms with Crippen LogP contribution in [0.4, 0.5) is 5.69 Å². The van der Waals surface area contributed by atoms with E-state index in [1.54, 1.807) is 11.3 Å². The Morgan fingerprint density at radius 3 is 2.94 bits per heavy atom. The van der Waals surface area contributed by atoms with E-state index in [0.29, 0.717) is 18.2 Å². The van der Waals surface area contributed by atoms with E-state index in [1.165, 1.54) is 0 Å². The lowest BCUT2D eigenvalue weighted by molar-refractivity contribution is 0.341. The monoisotopic (exact) mass is 282 g/mol. The number of aromatic nitrogens is 1. The molecule has 0 bridgehead atoms. The van der Waals surface area contributed by atoms with E-state index >= 15 is 0 Å². The van der Waals surface area contributed by atoms with Crippen LogP contribution in [0.5, 0.6) is 5.75 Å². The molecule has 0 spiro atoms. The van der Waals surface area contributed by atoms with Gasteiger partial charge in [0.2, 0.25) is 0 Å². The maximum atomic E-state index is 5.99. The summed E-state index contributed by atoms with van der Waals surface area (Å²) in [6.07, 6.45) is 0. The van der Waals surface area contributed by atoms with Crippen LogP contribution in [0.3, 0.4) is 0 Å². The molecule has 0 saturated heterocycles. The fourth-order valence-electron chi connectivity index (χ4n) is 1.60. The van der Waals surface area contributed by atoms with Crippen molar-refractivity contribution in [2.45, 2.75) is 20.4 Å². The van der Waals surface area contributed by atoms with Gasteiger partial charge in [0, 0.05) is 10.4 Å². The van der Waals surface area contributed by atoms with Crippen LogP contribution in [0, 0.1) is 6.92 Å². The Hall–Kier alpha value is -1.26. The van der Waals surface area contributed by atoms with Crippen LogP contribution in [0.1, 0.15) is 17.6 Å². The lowest BCUT2D eigenvalue weighted by Crippen LogP contribution is -2.03. The van der Waals surface area contributed by atoms with E-state index in [2.05, 4.69) is 10.3 Å². The number of aryl methyl sites for hydroxylation is 1. The van der Waals surface area contributed by atoms with Crippen LogP contribution < -0.4 is 10.1 Å². The van der Waals surface area contributed by atoms with Gasteiger partial charge in [0.05, 0.1) is 29.5 Å². The molecule has 2 rings (SSSR count). The molecule has 0 amide bonds. The van der Waals surface area contributed by atoms with Crippen LogP contribution in [-0.4, -0.2) is 11.6 Å². The first kappa shape index (κ1) is 13.2. The number of ether oxygens (including phenoxy) is 1. The molecule has 2 aromatic rings. The molecule has 3 nitrogen and oxygen atoms in total. The van der Waals surface area contributed by atoms with Gasteiger partial charge in [-0.05, 0) is 32.0 Å². The summed E-state index contributed by atoms with van der Waals surface area (Å²) in [6.45, 7) is 5.26. The molecular formula is C13H15ClN2OS. The van der Waals surface area contributed by atoms with Gasteiger partial charge in [0.15, 0.2) is 0 Å². The summed E-state index contributed by atoms with van der Waals surface area (Å²) in [5.41, 5.74) is 1.93. The number of halogens is 1. The summed E-state index contributed by atoms with van der Waals surface area (Å²) in [7, 11) is 0. The lowest BCUT2D eigenvalue weighted by Gasteiger charge is -2.11. The molecule has 5 heteroatoms. The van der Waals surface area contributed by atoms with Gasteiger partial charge in [-0.1, -0.05) is 11.6 Å². The quantitative estimate of drug-likeness (QED) is 0.896. The summed E-state index contributed by atoms with van der Waals surface area (Å²) in [5, 5.41) is 7.11. The van der Waals surface area contributed by atoms with Crippen molar-refractivity contribution in [2.24, 2.45) is 0 Å². The number of anilines is 1. The van der Waals surface area contributed by atoms with Crippen molar-refractivity contribution in [2.75, 3.05) is 11.9 Å². The topological polar surface area (TPSA) is 34.1 Å². The zero-order valence-electron chi connectivity index (χ0n) is 10.4. The van der Waals surface area contributed by atoms with Gasteiger partial charge in [-0.2, -0.15) is 0 Å². The number of benzene rings is 1. The Morgan fingerprint density at radius 1 is 1.44 bits per heavy atom. The Balaban J connectivity index is 2.09. The summed E-state index contributed by atoms with van der Waals surface area (Å²) in [4.78, 5) is 4.41. The predicted molar refractivity (Wildman–Crippen MR) is 76.8 cm³/mol. The van der Waals surface area contributed by atoms with Gasteiger partial charge in [-0.3, -0.25) is 0 Å². The minimum atomic E-state index is 0.631. The van der Waals surface area contributed by atoms with Crippen molar-refractivity contribution in [3.05, 3.63) is 39.3 Å². The van der Waals surface area contributed by atoms with Crippen molar-refractivity contribution in [3.63, 3.8) is 0 Å². The van der Waals surface area contributed by atoms with E-state index in [1.807, 2.05) is 37.4 Å². The molecule has 1 N–H and O–H groups in total. The first-order valence-corrected chi connectivity index (χ1v) is 7.02. The summed E-state index contributed by atoms with van der Waals surface area (Å²) in [6, 6.07) is 5.57. The molecule has 0 fully saturated rings. The third kappa shape index (κ3) is 3.37. The van der Waals surface area contributed by atoms with Crippen molar-refractivity contribution < 1.29 is 4.74 Å². The average molecular weight is 283 g/mol. The fourth-order valence-corrected chi connectivity index (χ4v) is 2.38. The third-order valence-electron chi connectivity index (χ3n) is 2.37. The molecule has 0 aliphatic heterocycles. The molecular weight excluding hydrogens is 268 g/mol. The minimum absolute atomic E-state index is 0.631. The average Bonchev–Trinajstić information content (AvgIpc) is 2.76. The molecule has 1 aromatic carbocycles. The van der Waals surface area contributed by atoms with Crippen LogP contribution in [0.2, 0.25) is 5.02 Å². The van der Waals surface area contributed by atoms with E-state index in [0.717, 1.165) is 22.1 Å². The molecule has 1 aromatic heterocycles. The van der Waals surface area contributed by atoms with E-state index in [-0.39, 0.29) is 0 Å². The number of nitrogens with zero attached hydrogens (tertiary/aromatic N) is 1. The van der Waals surface area contributed by atoms with E-state index in [9.17, 15) is 0 Å². The standard InChI is InChI=1S/C13H15ClN2OS/c1-3-17-13-5-4-10(14)6-12(13)15-7-11-8-18-9(2)16-11/h4-6,8,15H,3,7H2,1-2H3. The number of thiazole rings is 1. The van der Waals surface area contributed by atoms with E-state index < -0.39 is 0 Å². The molecule has 18 heavy (non-hydrogen) atoms.